The number of carbonyl (C=O) groups excluding carboxylic acids is 2. The molecule has 4 aliphatic rings. The van der Waals surface area contributed by atoms with Crippen molar-refractivity contribution in [2.24, 2.45) is 29.6 Å². The number of nitrogens with one attached hydrogen (secondary N) is 1. The van der Waals surface area contributed by atoms with Gasteiger partial charge in [0.25, 0.3) is 0 Å². The van der Waals surface area contributed by atoms with E-state index < -0.39 is 41.1 Å². The molecule has 2 saturated carbocycles. The SMILES string of the molecule is O=C1C2C(C(=O)N1c1ccccc1C(F)(F)F)[C@@H]1C[C@H]2C2Sc3[nH]c(=O)sc3C(c3ccc(OCc4cccc(Cl)c4)cc3)C21. The first-order valence-corrected chi connectivity index (χ1v) is 16.6. The molecule has 1 saturated heterocycles. The molecule has 4 aromatic rings. The largest absolute Gasteiger partial charge is 0.489 e. The van der Waals surface area contributed by atoms with E-state index in [1.54, 1.807) is 6.07 Å². The fourth-order valence-corrected chi connectivity index (χ4v) is 11.2. The Hall–Kier alpha value is -3.54. The van der Waals surface area contributed by atoms with Crippen molar-refractivity contribution in [3.8, 4) is 5.75 Å². The van der Waals surface area contributed by atoms with E-state index in [1.165, 1.54) is 30.0 Å². The van der Waals surface area contributed by atoms with Gasteiger partial charge in [0.2, 0.25) is 11.8 Å². The number of alkyl halides is 3. The van der Waals surface area contributed by atoms with Crippen molar-refractivity contribution in [3.05, 3.63) is 109 Å². The van der Waals surface area contributed by atoms with Gasteiger partial charge in [0.05, 0.1) is 28.1 Å². The van der Waals surface area contributed by atoms with Crippen LogP contribution in [0, 0.1) is 29.6 Å². The highest BCUT2D eigenvalue weighted by Gasteiger charge is 2.70. The summed E-state index contributed by atoms with van der Waals surface area (Å²) in [5.74, 6) is -2.56. The number of thioether (sulfide) groups is 1. The molecule has 3 aromatic carbocycles. The molecule has 2 bridgehead atoms. The molecule has 0 spiro atoms. The molecular formula is C33H24ClF3N2O4S2. The number of hydrogen-bond acceptors (Lipinski definition) is 6. The normalized spacial score (nSPS) is 28.3. The summed E-state index contributed by atoms with van der Waals surface area (Å²) in [6, 6.07) is 19.9. The average molecular weight is 669 g/mol. The number of H-pyrrole nitrogens is 1. The number of hydrogen-bond donors (Lipinski definition) is 1. The maximum atomic E-state index is 13.9. The van der Waals surface area contributed by atoms with Crippen LogP contribution in [0.1, 0.15) is 33.9 Å². The first-order chi connectivity index (χ1) is 21.6. The minimum atomic E-state index is -4.72. The van der Waals surface area contributed by atoms with Crippen molar-refractivity contribution in [1.82, 2.24) is 4.98 Å². The molecule has 3 heterocycles. The molecule has 5 unspecified atom stereocenters. The van der Waals surface area contributed by atoms with Crippen LogP contribution in [-0.2, 0) is 22.4 Å². The lowest BCUT2D eigenvalue weighted by Crippen LogP contribution is -2.42. The van der Waals surface area contributed by atoms with Crippen molar-refractivity contribution in [2.75, 3.05) is 4.90 Å². The summed E-state index contributed by atoms with van der Waals surface area (Å²) >= 11 is 8.78. The van der Waals surface area contributed by atoms with Crippen molar-refractivity contribution in [2.45, 2.75) is 35.4 Å². The zero-order valence-corrected chi connectivity index (χ0v) is 25.7. The Balaban J connectivity index is 1.12. The van der Waals surface area contributed by atoms with Gasteiger partial charge < -0.3 is 9.72 Å². The first kappa shape index (κ1) is 28.9. The van der Waals surface area contributed by atoms with Gasteiger partial charge in [-0.25, -0.2) is 4.90 Å². The van der Waals surface area contributed by atoms with Gasteiger partial charge in [0.1, 0.15) is 12.4 Å². The van der Waals surface area contributed by atoms with Gasteiger partial charge in [0, 0.05) is 21.1 Å². The third-order valence-corrected chi connectivity index (χ3v) is 12.5. The number of aromatic amines is 1. The number of para-hydroxylation sites is 1. The molecule has 0 radical (unpaired) electrons. The highest BCUT2D eigenvalue weighted by Crippen LogP contribution is 2.68. The Morgan fingerprint density at radius 1 is 0.933 bits per heavy atom. The number of anilines is 1. The third-order valence-electron chi connectivity index (χ3n) is 9.71. The highest BCUT2D eigenvalue weighted by molar-refractivity contribution is 8.00. The predicted molar refractivity (Wildman–Crippen MR) is 165 cm³/mol. The van der Waals surface area contributed by atoms with Crippen LogP contribution in [0.15, 0.2) is 82.6 Å². The molecule has 45 heavy (non-hydrogen) atoms. The Morgan fingerprint density at radius 2 is 1.67 bits per heavy atom. The van der Waals surface area contributed by atoms with Crippen LogP contribution < -0.4 is 14.5 Å². The quantitative estimate of drug-likeness (QED) is 0.225. The maximum absolute atomic E-state index is 13.9. The summed E-state index contributed by atoms with van der Waals surface area (Å²) in [6.07, 6.45) is -4.08. The molecular weight excluding hydrogens is 645 g/mol. The summed E-state index contributed by atoms with van der Waals surface area (Å²) in [6.45, 7) is 0.338. The topological polar surface area (TPSA) is 79.5 Å². The second-order valence-corrected chi connectivity index (χ2v) is 14.6. The predicted octanol–water partition coefficient (Wildman–Crippen LogP) is 7.37. The number of rotatable bonds is 5. The summed E-state index contributed by atoms with van der Waals surface area (Å²) in [4.78, 5) is 44.8. The molecule has 1 N–H and O–H groups in total. The first-order valence-electron chi connectivity index (χ1n) is 14.5. The number of aromatic nitrogens is 1. The van der Waals surface area contributed by atoms with Crippen molar-refractivity contribution in [3.63, 3.8) is 0 Å². The van der Waals surface area contributed by atoms with Gasteiger partial charge in [-0.15, -0.1) is 11.8 Å². The number of thiazole rings is 1. The standard InChI is InChI=1S/C33H24ClF3N2O4S2/c34-17-5-3-4-15(12-17)14-43-18-10-8-16(9-11-18)23-24-19-13-20(27(24)44-29-28(23)45-32(42)38-29)26-25(19)30(40)39(31(26)41)22-7-2-1-6-21(22)33(35,36)37/h1-12,19-20,23-27H,13-14H2,(H,38,42)/t19-,20-,23?,24?,25?,26?,27?/m1/s1. The summed E-state index contributed by atoms with van der Waals surface area (Å²) in [5.41, 5.74) is 0.482. The van der Waals surface area contributed by atoms with Gasteiger partial charge in [-0.05, 0) is 71.7 Å². The van der Waals surface area contributed by atoms with Crippen LogP contribution in [0.2, 0.25) is 5.02 Å². The lowest BCUT2D eigenvalue weighted by Gasteiger charge is -2.43. The molecule has 2 aliphatic carbocycles. The van der Waals surface area contributed by atoms with E-state index in [0.717, 1.165) is 43.3 Å². The number of nitrogens with zero attached hydrogens (tertiary/aromatic N) is 1. The van der Waals surface area contributed by atoms with E-state index in [4.69, 9.17) is 16.3 Å². The van der Waals surface area contributed by atoms with Gasteiger partial charge >= 0.3 is 11.0 Å². The van der Waals surface area contributed by atoms with Gasteiger partial charge in [-0.1, -0.05) is 59.3 Å². The molecule has 8 rings (SSSR count). The van der Waals surface area contributed by atoms with Crippen LogP contribution in [0.5, 0.6) is 5.75 Å². The number of imide groups is 1. The number of halogens is 4. The molecule has 6 nitrogen and oxygen atoms in total. The van der Waals surface area contributed by atoms with Crippen LogP contribution in [0.4, 0.5) is 18.9 Å². The Bertz CT molecular complexity index is 1910. The van der Waals surface area contributed by atoms with Crippen LogP contribution in [-0.4, -0.2) is 22.0 Å². The summed E-state index contributed by atoms with van der Waals surface area (Å²) in [5, 5.41) is 1.31. The zero-order chi connectivity index (χ0) is 31.2. The van der Waals surface area contributed by atoms with Crippen LogP contribution >= 0.6 is 34.7 Å². The number of amides is 2. The third kappa shape index (κ3) is 4.57. The van der Waals surface area contributed by atoms with Crippen molar-refractivity contribution in [1.29, 1.82) is 0 Å². The number of ether oxygens (including phenoxy) is 1. The Labute approximate surface area is 268 Å². The van der Waals surface area contributed by atoms with E-state index in [9.17, 15) is 27.6 Å². The molecule has 2 amide bonds. The van der Waals surface area contributed by atoms with Gasteiger partial charge in [-0.3, -0.25) is 14.4 Å². The molecule has 12 heteroatoms. The zero-order valence-electron chi connectivity index (χ0n) is 23.3. The lowest BCUT2D eigenvalue weighted by molar-refractivity contribution is -0.137. The van der Waals surface area contributed by atoms with Crippen LogP contribution in [0.25, 0.3) is 0 Å². The van der Waals surface area contributed by atoms with E-state index >= 15 is 0 Å². The smallest absolute Gasteiger partial charge is 0.418 e. The maximum Gasteiger partial charge on any atom is 0.418 e. The fraction of sp³-hybridized carbons (Fsp3) is 0.303. The highest BCUT2D eigenvalue weighted by atomic mass is 35.5. The monoisotopic (exact) mass is 668 g/mol. The number of fused-ring (bicyclic) bond motifs is 9. The average Bonchev–Trinajstić information content (AvgIpc) is 3.75. The lowest BCUT2D eigenvalue weighted by atomic mass is 9.68. The molecule has 230 valence electrons. The van der Waals surface area contributed by atoms with E-state index in [-0.39, 0.29) is 33.8 Å². The minimum Gasteiger partial charge on any atom is -0.489 e. The molecule has 1 aromatic heterocycles. The second kappa shape index (κ2) is 10.5. The number of benzene rings is 3. The molecule has 2 aliphatic heterocycles. The molecule has 3 fully saturated rings. The van der Waals surface area contributed by atoms with E-state index in [1.807, 2.05) is 42.5 Å². The van der Waals surface area contributed by atoms with Crippen molar-refractivity contribution < 1.29 is 27.5 Å². The Kier molecular flexibility index (Phi) is 6.74. The summed E-state index contributed by atoms with van der Waals surface area (Å²) < 4.78 is 47.8. The van der Waals surface area contributed by atoms with E-state index in [0.29, 0.717) is 23.8 Å². The second-order valence-electron chi connectivity index (χ2n) is 12.0. The molecule has 7 atom stereocenters. The summed E-state index contributed by atoms with van der Waals surface area (Å²) in [7, 11) is 0. The van der Waals surface area contributed by atoms with Gasteiger partial charge in [0.15, 0.2) is 0 Å². The van der Waals surface area contributed by atoms with Crippen molar-refractivity contribution >= 4 is 52.2 Å². The fourth-order valence-electron chi connectivity index (χ4n) is 8.10. The van der Waals surface area contributed by atoms with Gasteiger partial charge in [-0.2, -0.15) is 13.2 Å². The van der Waals surface area contributed by atoms with E-state index in [2.05, 4.69) is 4.98 Å². The minimum absolute atomic E-state index is 0.0759. The number of carbonyl (C=O) groups is 2. The van der Waals surface area contributed by atoms with Crippen LogP contribution in [0.3, 0.4) is 0 Å². The Morgan fingerprint density at radius 3 is 2.40 bits per heavy atom.